The molecule has 10 nitrogen and oxygen atoms in total. The minimum Gasteiger partial charge on any atom is -0.494 e. The van der Waals surface area contributed by atoms with Gasteiger partial charge in [-0.2, -0.15) is 0 Å². The molecule has 0 saturated carbocycles. The number of amides is 2. The number of carbonyl (C=O) groups is 2. The van der Waals surface area contributed by atoms with E-state index in [1.165, 1.54) is 22.3 Å². The van der Waals surface area contributed by atoms with Crippen molar-refractivity contribution in [3.63, 3.8) is 0 Å². The van der Waals surface area contributed by atoms with E-state index in [1.54, 1.807) is 36.0 Å². The summed E-state index contributed by atoms with van der Waals surface area (Å²) in [5.74, 6) is 4.82. The van der Waals surface area contributed by atoms with Crippen molar-refractivity contribution in [2.45, 2.75) is 107 Å². The molecule has 516 valence electrons. The van der Waals surface area contributed by atoms with Gasteiger partial charge in [-0.15, -0.1) is 0 Å². The molecule has 11 aromatic carbocycles. The topological polar surface area (TPSA) is 96.0 Å². The highest BCUT2D eigenvalue weighted by Crippen LogP contribution is 2.42. The molecular formula is C90H92N2O8S. The Morgan fingerprint density at radius 2 is 0.574 bits per heavy atom. The fourth-order valence-corrected chi connectivity index (χ4v) is 13.6. The fourth-order valence-electron chi connectivity index (χ4n) is 12.9. The second-order valence-corrected chi connectivity index (χ2v) is 27.8. The van der Waals surface area contributed by atoms with Crippen LogP contribution < -0.4 is 28.4 Å². The van der Waals surface area contributed by atoms with Gasteiger partial charge in [0.2, 0.25) is 0 Å². The smallest absolute Gasteiger partial charge is 0.285 e. The lowest BCUT2D eigenvalue weighted by Crippen LogP contribution is -2.30. The molecule has 11 heteroatoms. The van der Waals surface area contributed by atoms with E-state index >= 15 is 0 Å². The van der Waals surface area contributed by atoms with Crippen LogP contribution in [0.25, 0.3) is 0 Å². The maximum atomic E-state index is 13.9. The zero-order valence-corrected chi connectivity index (χ0v) is 59.8. The van der Waals surface area contributed by atoms with Gasteiger partial charge in [0.1, 0.15) is 60.9 Å². The Kier molecular flexibility index (Phi) is 24.9. The third kappa shape index (κ3) is 19.7. The molecular weight excluding hydrogens is 1270 g/mol. The molecule has 0 N–H and O–H groups in total. The van der Waals surface area contributed by atoms with Crippen molar-refractivity contribution in [3.8, 4) is 34.5 Å². The van der Waals surface area contributed by atoms with E-state index in [-0.39, 0.29) is 22.0 Å². The van der Waals surface area contributed by atoms with Crippen molar-refractivity contribution in [2.75, 3.05) is 40.9 Å². The van der Waals surface area contributed by atoms with Crippen LogP contribution in [0.15, 0.2) is 296 Å². The van der Waals surface area contributed by atoms with Crippen LogP contribution in [-0.4, -0.2) is 61.8 Å². The van der Waals surface area contributed by atoms with Crippen molar-refractivity contribution in [2.24, 2.45) is 0 Å². The van der Waals surface area contributed by atoms with Crippen molar-refractivity contribution < 1.29 is 38.0 Å². The molecule has 0 fully saturated rings. The molecule has 0 unspecified atom stereocenters. The van der Waals surface area contributed by atoms with Crippen molar-refractivity contribution in [3.05, 3.63) is 352 Å². The van der Waals surface area contributed by atoms with E-state index in [4.69, 9.17) is 28.4 Å². The number of nitrogens with zero attached hydrogens (tertiary/aromatic N) is 2. The first kappa shape index (κ1) is 71.8. The molecule has 0 aliphatic carbocycles. The monoisotopic (exact) mass is 1360 g/mol. The van der Waals surface area contributed by atoms with Crippen LogP contribution in [0.5, 0.6) is 34.5 Å². The van der Waals surface area contributed by atoms with Gasteiger partial charge in [-0.1, -0.05) is 215 Å². The van der Waals surface area contributed by atoms with E-state index in [0.29, 0.717) is 51.7 Å². The maximum Gasteiger partial charge on any atom is 0.285 e. The summed E-state index contributed by atoms with van der Waals surface area (Å²) in [5.41, 5.74) is 11.0. The number of rotatable bonds is 34. The molecule has 0 aromatic heterocycles. The zero-order chi connectivity index (χ0) is 70.3. The molecule has 101 heavy (non-hydrogen) atoms. The van der Waals surface area contributed by atoms with Gasteiger partial charge in [-0.05, 0) is 203 Å². The first-order valence-corrected chi connectivity index (χ1v) is 35.8. The minimum atomic E-state index is -0.447. The van der Waals surface area contributed by atoms with Crippen LogP contribution in [0.2, 0.25) is 0 Å². The lowest BCUT2D eigenvalue weighted by atomic mass is 9.73. The van der Waals surface area contributed by atoms with Crippen molar-refractivity contribution in [1.29, 1.82) is 0 Å². The van der Waals surface area contributed by atoms with Crippen molar-refractivity contribution in [1.82, 2.24) is 9.80 Å². The average Bonchev–Trinajstić information content (AvgIpc) is 1.07. The second kappa shape index (κ2) is 35.0. The Bertz CT molecular complexity index is 3900. The number of hydrogen-bond acceptors (Lipinski definition) is 9. The SMILES string of the molecule is CN(C)C(=O)Sc1ccc(C(=O)N(C)CCCC(C)(c2ccc(OCCCC(C)(c3ccc(OCc4ccccc4)cc3)c3ccc(OCc4ccccc4)cc3)cc2)c2ccc(OCCCC(C)(c3ccc(OCc4ccccc4)cc3)c3ccc(OCc4ccccc4)cc3)cc2)cc1. The number of hydrogen-bond donors (Lipinski definition) is 0. The summed E-state index contributed by atoms with van der Waals surface area (Å²) in [4.78, 5) is 30.4. The highest BCUT2D eigenvalue weighted by Gasteiger charge is 2.32. The normalized spacial score (nSPS) is 11.5. The van der Waals surface area contributed by atoms with Gasteiger partial charge in [0, 0.05) is 54.4 Å². The summed E-state index contributed by atoms with van der Waals surface area (Å²) in [6.07, 6.45) is 4.75. The molecule has 11 rings (SSSR count). The van der Waals surface area contributed by atoms with Crippen LogP contribution in [0.1, 0.15) is 125 Å². The van der Waals surface area contributed by atoms with Gasteiger partial charge in [-0.3, -0.25) is 9.59 Å². The highest BCUT2D eigenvalue weighted by molar-refractivity contribution is 8.13. The number of benzene rings is 11. The summed E-state index contributed by atoms with van der Waals surface area (Å²) in [7, 11) is 5.32. The minimum absolute atomic E-state index is 0.0700. The van der Waals surface area contributed by atoms with E-state index < -0.39 is 5.41 Å². The number of thioether (sulfide) groups is 1. The van der Waals surface area contributed by atoms with Crippen LogP contribution in [-0.2, 0) is 42.7 Å². The molecule has 0 radical (unpaired) electrons. The molecule has 0 spiro atoms. The van der Waals surface area contributed by atoms with Crippen LogP contribution >= 0.6 is 11.8 Å². The predicted molar refractivity (Wildman–Crippen MR) is 408 cm³/mol. The Morgan fingerprint density at radius 1 is 0.317 bits per heavy atom. The van der Waals surface area contributed by atoms with Gasteiger partial charge in [0.15, 0.2) is 0 Å². The first-order chi connectivity index (χ1) is 49.2. The van der Waals surface area contributed by atoms with Crippen molar-refractivity contribution >= 4 is 22.9 Å². The summed E-state index contributed by atoms with van der Waals surface area (Å²) >= 11 is 1.14. The van der Waals surface area contributed by atoms with E-state index in [0.717, 1.165) is 123 Å². The molecule has 0 saturated heterocycles. The van der Waals surface area contributed by atoms with Gasteiger partial charge in [0.05, 0.1) is 13.2 Å². The van der Waals surface area contributed by atoms with Crippen LogP contribution in [0.3, 0.4) is 0 Å². The van der Waals surface area contributed by atoms with Gasteiger partial charge >= 0.3 is 0 Å². The molecule has 11 aromatic rings. The summed E-state index contributed by atoms with van der Waals surface area (Å²) in [5, 5.41) is -0.0700. The Hall–Kier alpha value is -10.5. The van der Waals surface area contributed by atoms with Gasteiger partial charge in [0.25, 0.3) is 11.1 Å². The average molecular weight is 1360 g/mol. The Morgan fingerprint density at radius 3 is 0.842 bits per heavy atom. The van der Waals surface area contributed by atoms with E-state index in [9.17, 15) is 9.59 Å². The Balaban J connectivity index is 0.768. The third-order valence-corrected chi connectivity index (χ3v) is 20.4. The molecule has 0 heterocycles. The fraction of sp³-hybridized carbons (Fsp3) is 0.244. The molecule has 0 atom stereocenters. The van der Waals surface area contributed by atoms with Crippen LogP contribution in [0, 0.1) is 0 Å². The Labute approximate surface area is 601 Å². The standard InChI is InChI=1S/C90H92N2O8S/c1-88(58-19-61-92(6)86(93)72-30-56-85(57-31-72)101-87(94)91(4)5,73-32-44-79(45-33-73)95-62-20-59-89(2,75-36-48-81(49-37-75)97-64-68-22-11-7-12-23-68)76-38-50-82(51-39-76)98-65-69-24-13-8-14-25-69)74-34-46-80(47-35-74)96-63-21-60-90(3,77-40-52-83(53-41-77)99-66-70-26-15-9-16-27-70)78-42-54-84(55-43-78)100-67-71-28-17-10-18-29-71/h7-18,22-57H,19-21,58-67H2,1-6H3. The summed E-state index contributed by atoms with van der Waals surface area (Å²) in [6, 6.07) is 99.5. The molecule has 0 bridgehead atoms. The lowest BCUT2D eigenvalue weighted by molar-refractivity contribution is 0.0790. The number of ether oxygens (including phenoxy) is 6. The lowest BCUT2D eigenvalue weighted by Gasteiger charge is -2.32. The quantitative estimate of drug-likeness (QED) is 0.0289. The predicted octanol–water partition coefficient (Wildman–Crippen LogP) is 21.0. The first-order valence-electron chi connectivity index (χ1n) is 35.0. The largest absolute Gasteiger partial charge is 0.494 e. The molecule has 0 aliphatic rings. The zero-order valence-electron chi connectivity index (χ0n) is 59.0. The van der Waals surface area contributed by atoms with Gasteiger partial charge in [-0.25, -0.2) is 0 Å². The summed E-state index contributed by atoms with van der Waals surface area (Å²) in [6.45, 7) is 10.5. The highest BCUT2D eigenvalue weighted by atomic mass is 32.2. The molecule has 2 amide bonds. The summed E-state index contributed by atoms with van der Waals surface area (Å²) < 4.78 is 38.1. The maximum absolute atomic E-state index is 13.9. The molecule has 0 aliphatic heterocycles. The van der Waals surface area contributed by atoms with E-state index in [1.807, 2.05) is 92.0 Å². The second-order valence-electron chi connectivity index (χ2n) is 26.8. The third-order valence-electron chi connectivity index (χ3n) is 19.3. The van der Waals surface area contributed by atoms with E-state index in [2.05, 4.69) is 215 Å². The number of carbonyl (C=O) groups excluding carboxylic acids is 2. The van der Waals surface area contributed by atoms with Gasteiger partial charge < -0.3 is 38.2 Å². The van der Waals surface area contributed by atoms with Crippen LogP contribution in [0.4, 0.5) is 4.79 Å².